The van der Waals surface area contributed by atoms with E-state index in [2.05, 4.69) is 34.5 Å². The summed E-state index contributed by atoms with van der Waals surface area (Å²) in [5.41, 5.74) is 4.42. The second-order valence-corrected chi connectivity index (χ2v) is 8.47. The van der Waals surface area contributed by atoms with E-state index >= 15 is 0 Å². The number of carbonyl (C=O) groups is 2. The molecule has 8 nitrogen and oxygen atoms in total. The highest BCUT2D eigenvalue weighted by Gasteiger charge is 2.45. The molecule has 32 heavy (non-hydrogen) atoms. The molecule has 0 spiro atoms. The van der Waals surface area contributed by atoms with Crippen LogP contribution in [-0.4, -0.2) is 46.8 Å². The van der Waals surface area contributed by atoms with Crippen LogP contribution in [-0.2, 0) is 27.7 Å². The minimum atomic E-state index is -0.689. The number of aromatic amines is 1. The molecule has 0 atom stereocenters. The highest BCUT2D eigenvalue weighted by atomic mass is 16.5. The summed E-state index contributed by atoms with van der Waals surface area (Å²) >= 11 is 0. The van der Waals surface area contributed by atoms with E-state index in [1.54, 1.807) is 12.1 Å². The number of aryl methyl sites for hydroxylation is 2. The Morgan fingerprint density at radius 2 is 1.50 bits per heavy atom. The van der Waals surface area contributed by atoms with Crippen LogP contribution in [0.15, 0.2) is 36.4 Å². The molecule has 1 aliphatic carbocycles. The van der Waals surface area contributed by atoms with Crippen LogP contribution in [0.1, 0.15) is 69.1 Å². The molecule has 0 radical (unpaired) electrons. The fourth-order valence-corrected chi connectivity index (χ4v) is 4.84. The summed E-state index contributed by atoms with van der Waals surface area (Å²) in [5.74, 6) is 0.105. The van der Waals surface area contributed by atoms with Crippen LogP contribution in [0.2, 0.25) is 0 Å². The van der Waals surface area contributed by atoms with Gasteiger partial charge in [0.2, 0.25) is 0 Å². The Labute approximate surface area is 186 Å². The van der Waals surface area contributed by atoms with Gasteiger partial charge in [-0.2, -0.15) is 5.21 Å². The summed E-state index contributed by atoms with van der Waals surface area (Å²) in [6.07, 6.45) is 2.10. The van der Waals surface area contributed by atoms with E-state index < -0.39 is 5.41 Å². The van der Waals surface area contributed by atoms with Gasteiger partial charge in [-0.1, -0.05) is 31.2 Å². The lowest BCUT2D eigenvalue weighted by atomic mass is 9.67. The zero-order valence-electron chi connectivity index (χ0n) is 18.6. The second kappa shape index (κ2) is 8.53. The Morgan fingerprint density at radius 3 is 1.91 bits per heavy atom. The summed E-state index contributed by atoms with van der Waals surface area (Å²) in [7, 11) is 2.75. The zero-order chi connectivity index (χ0) is 22.9. The Hall–Kier alpha value is -3.55. The van der Waals surface area contributed by atoms with Crippen LogP contribution in [0.3, 0.4) is 0 Å². The number of fused-ring (bicyclic) bond motifs is 2. The van der Waals surface area contributed by atoms with E-state index in [9.17, 15) is 9.59 Å². The number of esters is 2. The molecule has 0 bridgehead atoms. The molecule has 3 aromatic rings. The van der Waals surface area contributed by atoms with Gasteiger partial charge in [-0.05, 0) is 71.7 Å². The maximum absolute atomic E-state index is 12.2. The van der Waals surface area contributed by atoms with Crippen molar-refractivity contribution in [2.45, 2.75) is 38.5 Å². The number of rotatable bonds is 5. The number of tetrazole rings is 1. The normalized spacial score (nSPS) is 14.3. The maximum atomic E-state index is 12.2. The van der Waals surface area contributed by atoms with E-state index in [1.807, 2.05) is 24.3 Å². The van der Waals surface area contributed by atoms with E-state index in [0.29, 0.717) is 35.7 Å². The Balaban J connectivity index is 2.02. The highest BCUT2D eigenvalue weighted by Crippen LogP contribution is 2.47. The van der Waals surface area contributed by atoms with E-state index in [1.165, 1.54) is 14.2 Å². The number of carbonyl (C=O) groups excluding carboxylic acids is 2. The van der Waals surface area contributed by atoms with Crippen molar-refractivity contribution in [1.29, 1.82) is 0 Å². The fourth-order valence-electron chi connectivity index (χ4n) is 4.84. The van der Waals surface area contributed by atoms with Gasteiger partial charge in [0.05, 0.1) is 30.8 Å². The molecule has 1 aromatic heterocycles. The van der Waals surface area contributed by atoms with Crippen molar-refractivity contribution in [2.24, 2.45) is 5.92 Å². The summed E-state index contributed by atoms with van der Waals surface area (Å²) < 4.78 is 9.87. The van der Waals surface area contributed by atoms with Gasteiger partial charge in [-0.15, -0.1) is 10.2 Å². The van der Waals surface area contributed by atoms with Crippen LogP contribution >= 0.6 is 0 Å². The molecule has 0 unspecified atom stereocenters. The highest BCUT2D eigenvalue weighted by molar-refractivity contribution is 5.90. The number of hydrogen-bond acceptors (Lipinski definition) is 7. The van der Waals surface area contributed by atoms with Gasteiger partial charge in [-0.25, -0.2) is 9.59 Å². The lowest BCUT2D eigenvalue weighted by Gasteiger charge is -2.35. The first-order valence-electron chi connectivity index (χ1n) is 10.6. The van der Waals surface area contributed by atoms with Crippen molar-refractivity contribution >= 4 is 11.9 Å². The average Bonchev–Trinajstić information content (AvgIpc) is 3.31. The Morgan fingerprint density at radius 1 is 0.969 bits per heavy atom. The number of nitrogens with one attached hydrogen (secondary N) is 1. The number of aromatic nitrogens is 4. The number of nitrogens with zero attached hydrogens (tertiary/aromatic N) is 3. The maximum Gasteiger partial charge on any atom is 0.337 e. The standard InChI is InChI=1S/C24H26N4O4/c1-14(2)13-24(23-25-27-28-26-23)19-9-7-17(21(29)31-3)11-15(19)5-6-16-12-18(22(30)32-4)8-10-20(16)24/h7-12,14H,5-6,13H2,1-4H3,(H,25,26,27,28). The third kappa shape index (κ3) is 3.55. The quantitative estimate of drug-likeness (QED) is 0.614. The molecular formula is C24H26N4O4. The van der Waals surface area contributed by atoms with Crippen LogP contribution in [0.4, 0.5) is 0 Å². The predicted octanol–water partition coefficient (Wildman–Crippen LogP) is 3.25. The molecule has 1 aliphatic rings. The fraction of sp³-hybridized carbons (Fsp3) is 0.375. The molecule has 1 heterocycles. The van der Waals surface area contributed by atoms with Crippen LogP contribution < -0.4 is 0 Å². The molecule has 0 fully saturated rings. The molecule has 4 rings (SSSR count). The Bertz CT molecular complexity index is 1090. The van der Waals surface area contributed by atoms with Crippen molar-refractivity contribution < 1.29 is 19.1 Å². The van der Waals surface area contributed by atoms with Gasteiger partial charge < -0.3 is 9.47 Å². The van der Waals surface area contributed by atoms with Crippen molar-refractivity contribution in [1.82, 2.24) is 20.6 Å². The van der Waals surface area contributed by atoms with Crippen molar-refractivity contribution in [3.8, 4) is 0 Å². The molecule has 0 saturated heterocycles. The van der Waals surface area contributed by atoms with Crippen molar-refractivity contribution in [3.63, 3.8) is 0 Å². The van der Waals surface area contributed by atoms with Crippen LogP contribution in [0, 0.1) is 5.92 Å². The lowest BCUT2D eigenvalue weighted by molar-refractivity contribution is 0.0591. The van der Waals surface area contributed by atoms with Crippen molar-refractivity contribution in [3.05, 3.63) is 75.6 Å². The van der Waals surface area contributed by atoms with Crippen molar-refractivity contribution in [2.75, 3.05) is 14.2 Å². The van der Waals surface area contributed by atoms with E-state index in [4.69, 9.17) is 9.47 Å². The summed E-state index contributed by atoms with van der Waals surface area (Å²) in [4.78, 5) is 24.4. The minimum Gasteiger partial charge on any atom is -0.465 e. The number of methoxy groups -OCH3 is 2. The molecule has 1 N–H and O–H groups in total. The number of benzene rings is 2. The van der Waals surface area contributed by atoms with Crippen LogP contribution in [0.5, 0.6) is 0 Å². The molecule has 166 valence electrons. The summed E-state index contributed by atoms with van der Waals surface area (Å²) in [6, 6.07) is 11.3. The minimum absolute atomic E-state index is 0.299. The summed E-state index contributed by atoms with van der Waals surface area (Å²) in [6.45, 7) is 4.30. The molecule has 0 saturated carbocycles. The molecular weight excluding hydrogens is 408 g/mol. The van der Waals surface area contributed by atoms with E-state index in [0.717, 1.165) is 28.7 Å². The van der Waals surface area contributed by atoms with E-state index in [-0.39, 0.29) is 11.9 Å². The first kappa shape index (κ1) is 21.7. The largest absolute Gasteiger partial charge is 0.465 e. The predicted molar refractivity (Wildman–Crippen MR) is 116 cm³/mol. The number of ether oxygens (including phenoxy) is 2. The van der Waals surface area contributed by atoms with Gasteiger partial charge in [0, 0.05) is 0 Å². The Kier molecular flexibility index (Phi) is 5.78. The zero-order valence-corrected chi connectivity index (χ0v) is 18.6. The first-order chi connectivity index (χ1) is 15.4. The van der Waals surface area contributed by atoms with Gasteiger partial charge in [0.15, 0.2) is 5.82 Å². The van der Waals surface area contributed by atoms with Gasteiger partial charge in [0.1, 0.15) is 0 Å². The topological polar surface area (TPSA) is 107 Å². The number of hydrogen-bond donors (Lipinski definition) is 1. The van der Waals surface area contributed by atoms with Gasteiger partial charge in [0.25, 0.3) is 0 Å². The van der Waals surface area contributed by atoms with Crippen LogP contribution in [0.25, 0.3) is 0 Å². The second-order valence-electron chi connectivity index (χ2n) is 8.47. The van der Waals surface area contributed by atoms with Gasteiger partial charge in [-0.3, -0.25) is 0 Å². The summed E-state index contributed by atoms with van der Waals surface area (Å²) in [5, 5.41) is 15.3. The molecule has 0 amide bonds. The number of H-pyrrole nitrogens is 1. The average molecular weight is 434 g/mol. The SMILES string of the molecule is COC(=O)c1ccc2c(c1)CCc1cc(C(=O)OC)ccc1C2(CC(C)C)c1nn[nH]n1. The monoisotopic (exact) mass is 434 g/mol. The van der Waals surface area contributed by atoms with Gasteiger partial charge >= 0.3 is 11.9 Å². The third-order valence-corrected chi connectivity index (χ3v) is 6.08. The first-order valence-corrected chi connectivity index (χ1v) is 10.6. The molecule has 0 aliphatic heterocycles. The molecule has 8 heteroatoms. The smallest absolute Gasteiger partial charge is 0.337 e. The lowest BCUT2D eigenvalue weighted by Crippen LogP contribution is -2.34. The third-order valence-electron chi connectivity index (χ3n) is 6.08. The molecule has 2 aromatic carbocycles.